The molecule has 2 N–H and O–H groups in total. The summed E-state index contributed by atoms with van der Waals surface area (Å²) in [7, 11) is 0. The highest BCUT2D eigenvalue weighted by Gasteiger charge is 2.65. The summed E-state index contributed by atoms with van der Waals surface area (Å²) in [6.07, 6.45) is 0. The van der Waals surface area contributed by atoms with Crippen molar-refractivity contribution in [3.05, 3.63) is 0 Å². The Morgan fingerprint density at radius 3 is 1.71 bits per heavy atom. The molecule has 84 valence electrons. The van der Waals surface area contributed by atoms with E-state index in [1.54, 1.807) is 0 Å². The van der Waals surface area contributed by atoms with Crippen LogP contribution >= 0.6 is 0 Å². The summed E-state index contributed by atoms with van der Waals surface area (Å²) < 4.78 is 0. The Hall–Kier alpha value is -0.0800. The Bertz CT molecular complexity index is 211. The molecule has 0 heterocycles. The standard InChI is InChI=1S/C12H25NO/c1-8(12(6,7)14)13-9-10(2,3)11(9,4)5/h8-9,13-14H,1-7H3. The Morgan fingerprint density at radius 2 is 1.50 bits per heavy atom. The molecule has 0 bridgehead atoms. The topological polar surface area (TPSA) is 32.3 Å². The van der Waals surface area contributed by atoms with E-state index in [1.165, 1.54) is 0 Å². The van der Waals surface area contributed by atoms with E-state index >= 15 is 0 Å². The van der Waals surface area contributed by atoms with Crippen molar-refractivity contribution in [2.75, 3.05) is 0 Å². The van der Waals surface area contributed by atoms with Gasteiger partial charge in [0.15, 0.2) is 0 Å². The summed E-state index contributed by atoms with van der Waals surface area (Å²) in [6, 6.07) is 0.643. The first-order valence-electron chi connectivity index (χ1n) is 5.49. The van der Waals surface area contributed by atoms with Crippen LogP contribution in [-0.4, -0.2) is 22.8 Å². The van der Waals surface area contributed by atoms with Crippen molar-refractivity contribution in [1.82, 2.24) is 5.32 Å². The van der Waals surface area contributed by atoms with E-state index in [4.69, 9.17) is 0 Å². The molecule has 0 saturated heterocycles. The molecular weight excluding hydrogens is 174 g/mol. The van der Waals surface area contributed by atoms with Crippen LogP contribution in [0.15, 0.2) is 0 Å². The van der Waals surface area contributed by atoms with Crippen molar-refractivity contribution >= 4 is 0 Å². The van der Waals surface area contributed by atoms with Crippen LogP contribution in [0, 0.1) is 10.8 Å². The van der Waals surface area contributed by atoms with E-state index in [-0.39, 0.29) is 6.04 Å². The molecule has 0 aromatic rings. The molecule has 0 aliphatic heterocycles. The second kappa shape index (κ2) is 2.96. The van der Waals surface area contributed by atoms with Crippen molar-refractivity contribution < 1.29 is 5.11 Å². The van der Waals surface area contributed by atoms with Gasteiger partial charge in [-0.2, -0.15) is 0 Å². The average Bonchev–Trinajstić information content (AvgIpc) is 2.30. The Kier molecular flexibility index (Phi) is 2.53. The maximum atomic E-state index is 9.84. The van der Waals surface area contributed by atoms with Crippen LogP contribution in [0.2, 0.25) is 0 Å². The largest absolute Gasteiger partial charge is 0.389 e. The van der Waals surface area contributed by atoms with E-state index in [0.717, 1.165) is 0 Å². The average molecular weight is 199 g/mol. The predicted molar refractivity (Wildman–Crippen MR) is 60.2 cm³/mol. The monoisotopic (exact) mass is 199 g/mol. The second-order valence-corrected chi connectivity index (χ2v) is 6.42. The highest BCUT2D eigenvalue weighted by molar-refractivity contribution is 5.18. The third-order valence-corrected chi connectivity index (χ3v) is 4.50. The predicted octanol–water partition coefficient (Wildman–Crippen LogP) is 2.17. The van der Waals surface area contributed by atoms with Gasteiger partial charge in [-0.1, -0.05) is 27.7 Å². The van der Waals surface area contributed by atoms with Gasteiger partial charge in [0, 0.05) is 12.1 Å². The second-order valence-electron chi connectivity index (χ2n) is 6.42. The molecular formula is C12H25NO. The molecule has 1 unspecified atom stereocenters. The van der Waals surface area contributed by atoms with Crippen molar-refractivity contribution in [2.45, 2.75) is 66.2 Å². The zero-order chi connectivity index (χ0) is 11.4. The lowest BCUT2D eigenvalue weighted by Gasteiger charge is -2.27. The molecule has 1 rings (SSSR count). The summed E-state index contributed by atoms with van der Waals surface area (Å²) in [5.74, 6) is 0. The number of rotatable bonds is 3. The van der Waals surface area contributed by atoms with Gasteiger partial charge in [-0.3, -0.25) is 0 Å². The number of nitrogens with one attached hydrogen (secondary N) is 1. The number of hydrogen-bond acceptors (Lipinski definition) is 2. The van der Waals surface area contributed by atoms with Crippen molar-refractivity contribution in [2.24, 2.45) is 10.8 Å². The summed E-state index contributed by atoms with van der Waals surface area (Å²) in [5.41, 5.74) is 0.0355. The van der Waals surface area contributed by atoms with E-state index < -0.39 is 5.60 Å². The summed E-state index contributed by atoms with van der Waals surface area (Å²) in [4.78, 5) is 0. The molecule has 0 spiro atoms. The van der Waals surface area contributed by atoms with Gasteiger partial charge in [0.1, 0.15) is 0 Å². The third kappa shape index (κ3) is 1.70. The maximum absolute atomic E-state index is 9.84. The van der Waals surface area contributed by atoms with Gasteiger partial charge in [0.05, 0.1) is 5.60 Å². The zero-order valence-corrected chi connectivity index (χ0v) is 10.6. The molecule has 1 fully saturated rings. The van der Waals surface area contributed by atoms with Gasteiger partial charge in [-0.05, 0) is 31.6 Å². The smallest absolute Gasteiger partial charge is 0.0741 e. The van der Waals surface area contributed by atoms with Gasteiger partial charge < -0.3 is 10.4 Å². The van der Waals surface area contributed by atoms with Gasteiger partial charge in [-0.25, -0.2) is 0 Å². The lowest BCUT2D eigenvalue weighted by molar-refractivity contribution is 0.0418. The lowest BCUT2D eigenvalue weighted by Crippen LogP contribution is -2.46. The first-order valence-corrected chi connectivity index (χ1v) is 5.49. The highest BCUT2D eigenvalue weighted by Crippen LogP contribution is 2.62. The van der Waals surface area contributed by atoms with E-state index in [1.807, 2.05) is 20.8 Å². The fourth-order valence-corrected chi connectivity index (χ4v) is 2.07. The molecule has 1 aliphatic rings. The van der Waals surface area contributed by atoms with Crippen LogP contribution in [0.3, 0.4) is 0 Å². The van der Waals surface area contributed by atoms with Crippen LogP contribution in [-0.2, 0) is 0 Å². The van der Waals surface area contributed by atoms with Crippen LogP contribution in [0.1, 0.15) is 48.5 Å². The molecule has 0 amide bonds. The van der Waals surface area contributed by atoms with Gasteiger partial charge in [0.2, 0.25) is 0 Å². The third-order valence-electron chi connectivity index (χ3n) is 4.50. The molecule has 0 aromatic carbocycles. The van der Waals surface area contributed by atoms with Crippen LogP contribution in [0.5, 0.6) is 0 Å². The molecule has 14 heavy (non-hydrogen) atoms. The Morgan fingerprint density at radius 1 is 1.14 bits per heavy atom. The van der Waals surface area contributed by atoms with Gasteiger partial charge >= 0.3 is 0 Å². The fourth-order valence-electron chi connectivity index (χ4n) is 2.07. The normalized spacial score (nSPS) is 27.4. The van der Waals surface area contributed by atoms with E-state index in [9.17, 15) is 5.11 Å². The molecule has 0 radical (unpaired) electrons. The molecule has 1 aliphatic carbocycles. The maximum Gasteiger partial charge on any atom is 0.0741 e. The van der Waals surface area contributed by atoms with E-state index in [0.29, 0.717) is 16.9 Å². The SMILES string of the molecule is CC(NC1C(C)(C)C1(C)C)C(C)(C)O. The van der Waals surface area contributed by atoms with Crippen molar-refractivity contribution in [1.29, 1.82) is 0 Å². The van der Waals surface area contributed by atoms with Crippen molar-refractivity contribution in [3.8, 4) is 0 Å². The van der Waals surface area contributed by atoms with E-state index in [2.05, 4.69) is 33.0 Å². The Balaban J connectivity index is 2.58. The summed E-state index contributed by atoms with van der Waals surface area (Å²) >= 11 is 0. The van der Waals surface area contributed by atoms with Crippen LogP contribution in [0.4, 0.5) is 0 Å². The number of hydrogen-bond donors (Lipinski definition) is 2. The minimum absolute atomic E-state index is 0.133. The van der Waals surface area contributed by atoms with Crippen LogP contribution < -0.4 is 5.32 Å². The van der Waals surface area contributed by atoms with Crippen LogP contribution in [0.25, 0.3) is 0 Å². The minimum Gasteiger partial charge on any atom is -0.389 e. The fraction of sp³-hybridized carbons (Fsp3) is 1.00. The molecule has 0 aromatic heterocycles. The Labute approximate surface area is 88.1 Å². The van der Waals surface area contributed by atoms with Gasteiger partial charge in [0.25, 0.3) is 0 Å². The highest BCUT2D eigenvalue weighted by atomic mass is 16.3. The minimum atomic E-state index is -0.644. The quantitative estimate of drug-likeness (QED) is 0.730. The summed E-state index contributed by atoms with van der Waals surface area (Å²) in [6.45, 7) is 14.9. The van der Waals surface area contributed by atoms with Gasteiger partial charge in [-0.15, -0.1) is 0 Å². The molecule has 1 atom stereocenters. The first kappa shape index (κ1) is 12.0. The summed E-state index contributed by atoms with van der Waals surface area (Å²) in [5, 5.41) is 13.4. The zero-order valence-electron chi connectivity index (χ0n) is 10.6. The molecule has 2 heteroatoms. The van der Waals surface area contributed by atoms with Crippen molar-refractivity contribution in [3.63, 3.8) is 0 Å². The molecule has 2 nitrogen and oxygen atoms in total. The molecule has 1 saturated carbocycles. The first-order chi connectivity index (χ1) is 6.01. The number of aliphatic hydroxyl groups is 1. The lowest BCUT2D eigenvalue weighted by atomic mass is 10.0.